The van der Waals surface area contributed by atoms with E-state index in [9.17, 15) is 0 Å². The number of anilines is 1. The number of hydrogen-bond donors (Lipinski definition) is 1. The van der Waals surface area contributed by atoms with Crippen LogP contribution in [0.5, 0.6) is 0 Å². The average Bonchev–Trinajstić information content (AvgIpc) is 2.88. The molecule has 4 nitrogen and oxygen atoms in total. The Balaban J connectivity index is 1.96. The van der Waals surface area contributed by atoms with Gasteiger partial charge in [0.1, 0.15) is 5.82 Å². The maximum Gasteiger partial charge on any atom is 0.205 e. The number of aliphatic hydroxyl groups is 1. The van der Waals surface area contributed by atoms with Crippen molar-refractivity contribution < 1.29 is 5.11 Å². The first-order chi connectivity index (χ1) is 8.61. The van der Waals surface area contributed by atoms with E-state index in [1.165, 1.54) is 11.5 Å². The molecular weight excluding hydrogens is 246 g/mol. The van der Waals surface area contributed by atoms with Crippen molar-refractivity contribution >= 4 is 16.7 Å². The highest BCUT2D eigenvalue weighted by Gasteiger charge is 2.25. The van der Waals surface area contributed by atoms with E-state index in [0.717, 1.165) is 36.6 Å². The topological polar surface area (TPSA) is 49.2 Å². The summed E-state index contributed by atoms with van der Waals surface area (Å²) in [6, 6.07) is 0.556. The lowest BCUT2D eigenvalue weighted by molar-refractivity contribution is 0.182. The summed E-state index contributed by atoms with van der Waals surface area (Å²) >= 11 is 1.50. The molecule has 0 saturated heterocycles. The van der Waals surface area contributed by atoms with Gasteiger partial charge in [-0.25, -0.2) is 4.98 Å². The predicted octanol–water partition coefficient (Wildman–Crippen LogP) is 2.65. The Morgan fingerprint density at radius 1 is 1.33 bits per heavy atom. The third-order valence-corrected chi connectivity index (χ3v) is 4.69. The van der Waals surface area contributed by atoms with Crippen molar-refractivity contribution in [1.82, 2.24) is 9.36 Å². The van der Waals surface area contributed by atoms with Gasteiger partial charge >= 0.3 is 0 Å². The van der Waals surface area contributed by atoms with Crippen LogP contribution in [0.2, 0.25) is 0 Å². The number of rotatable bonds is 4. The zero-order valence-corrected chi connectivity index (χ0v) is 12.3. The smallest absolute Gasteiger partial charge is 0.205 e. The Morgan fingerprint density at radius 3 is 2.50 bits per heavy atom. The number of nitrogens with zero attached hydrogens (tertiary/aromatic N) is 3. The molecule has 0 radical (unpaired) electrons. The van der Waals surface area contributed by atoms with Crippen LogP contribution in [0.25, 0.3) is 0 Å². The molecule has 1 heterocycles. The summed E-state index contributed by atoms with van der Waals surface area (Å²) in [5, 5.41) is 10.2. The second-order valence-corrected chi connectivity index (χ2v) is 6.29. The van der Waals surface area contributed by atoms with E-state index >= 15 is 0 Å². The van der Waals surface area contributed by atoms with Gasteiger partial charge in [-0.15, -0.1) is 0 Å². The third-order valence-electron chi connectivity index (χ3n) is 3.87. The maximum absolute atomic E-state index is 9.16. The van der Waals surface area contributed by atoms with Gasteiger partial charge in [0, 0.05) is 37.1 Å². The van der Waals surface area contributed by atoms with Gasteiger partial charge in [-0.3, -0.25) is 0 Å². The van der Waals surface area contributed by atoms with E-state index in [0.29, 0.717) is 24.5 Å². The quantitative estimate of drug-likeness (QED) is 0.913. The first-order valence-electron chi connectivity index (χ1n) is 6.79. The summed E-state index contributed by atoms with van der Waals surface area (Å²) in [5.74, 6) is 1.86. The summed E-state index contributed by atoms with van der Waals surface area (Å²) < 4.78 is 4.41. The molecule has 0 unspecified atom stereocenters. The van der Waals surface area contributed by atoms with E-state index in [4.69, 9.17) is 5.11 Å². The summed E-state index contributed by atoms with van der Waals surface area (Å²) in [6.45, 7) is 4.59. The van der Waals surface area contributed by atoms with Gasteiger partial charge in [0.2, 0.25) is 5.13 Å². The van der Waals surface area contributed by atoms with Crippen molar-refractivity contribution in [2.75, 3.05) is 18.6 Å². The molecule has 0 aromatic carbocycles. The molecule has 102 valence electrons. The fourth-order valence-electron chi connectivity index (χ4n) is 2.48. The molecule has 18 heavy (non-hydrogen) atoms. The van der Waals surface area contributed by atoms with Gasteiger partial charge < -0.3 is 10.0 Å². The summed E-state index contributed by atoms with van der Waals surface area (Å²) in [6.07, 6.45) is 4.55. The minimum absolute atomic E-state index is 0.340. The maximum atomic E-state index is 9.16. The normalized spacial score (nSPS) is 24.5. The molecule has 5 heteroatoms. The van der Waals surface area contributed by atoms with Crippen LogP contribution < -0.4 is 4.90 Å². The van der Waals surface area contributed by atoms with Crippen LogP contribution in [0.1, 0.15) is 51.3 Å². The Hall–Kier alpha value is -0.680. The number of hydrogen-bond acceptors (Lipinski definition) is 5. The number of aliphatic hydroxyl groups excluding tert-OH is 1. The van der Waals surface area contributed by atoms with E-state index in [2.05, 4.69) is 35.2 Å². The minimum Gasteiger partial charge on any atom is -0.396 e. The van der Waals surface area contributed by atoms with Gasteiger partial charge in [0.15, 0.2) is 0 Å². The van der Waals surface area contributed by atoms with Gasteiger partial charge in [-0.1, -0.05) is 13.8 Å². The average molecular weight is 269 g/mol. The molecular formula is C13H23N3OS. The molecule has 0 amide bonds. The lowest BCUT2D eigenvalue weighted by Crippen LogP contribution is -2.35. The summed E-state index contributed by atoms with van der Waals surface area (Å²) in [4.78, 5) is 6.88. The highest BCUT2D eigenvalue weighted by atomic mass is 32.1. The zero-order valence-electron chi connectivity index (χ0n) is 11.5. The van der Waals surface area contributed by atoms with Crippen LogP contribution in [0.15, 0.2) is 0 Å². The molecule has 1 aromatic rings. The van der Waals surface area contributed by atoms with Crippen molar-refractivity contribution in [2.24, 2.45) is 5.92 Å². The Labute approximate surface area is 113 Å². The van der Waals surface area contributed by atoms with Crippen LogP contribution in [-0.4, -0.2) is 34.2 Å². The standard InChI is InChI=1S/C13H23N3OS/c1-9(2)12-14-13(18-15-12)16(3)11-6-4-10(8-17)5-7-11/h9-11,17H,4-8H2,1-3H3. The Bertz CT molecular complexity index is 372. The monoisotopic (exact) mass is 269 g/mol. The fraction of sp³-hybridized carbons (Fsp3) is 0.846. The van der Waals surface area contributed by atoms with E-state index < -0.39 is 0 Å². The molecule has 0 bridgehead atoms. The molecule has 0 atom stereocenters. The lowest BCUT2D eigenvalue weighted by atomic mass is 9.86. The first-order valence-corrected chi connectivity index (χ1v) is 7.56. The summed E-state index contributed by atoms with van der Waals surface area (Å²) in [5.41, 5.74) is 0. The first kappa shape index (κ1) is 13.7. The van der Waals surface area contributed by atoms with Crippen molar-refractivity contribution in [2.45, 2.75) is 51.5 Å². The molecule has 1 aliphatic rings. The van der Waals surface area contributed by atoms with Crippen LogP contribution in [0.3, 0.4) is 0 Å². The molecule has 1 N–H and O–H groups in total. The van der Waals surface area contributed by atoms with Crippen LogP contribution >= 0.6 is 11.5 Å². The molecule has 0 aliphatic heterocycles. The SMILES string of the molecule is CC(C)c1nsc(N(C)C2CCC(CO)CC2)n1. The van der Waals surface area contributed by atoms with Crippen molar-refractivity contribution in [3.8, 4) is 0 Å². The predicted molar refractivity (Wildman–Crippen MR) is 75.2 cm³/mol. The van der Waals surface area contributed by atoms with Crippen molar-refractivity contribution in [3.63, 3.8) is 0 Å². The highest BCUT2D eigenvalue weighted by molar-refractivity contribution is 7.09. The number of aromatic nitrogens is 2. The van der Waals surface area contributed by atoms with Crippen LogP contribution in [-0.2, 0) is 0 Å². The van der Waals surface area contributed by atoms with Crippen LogP contribution in [0, 0.1) is 5.92 Å². The Morgan fingerprint density at radius 2 is 2.00 bits per heavy atom. The highest BCUT2D eigenvalue weighted by Crippen LogP contribution is 2.30. The van der Waals surface area contributed by atoms with Gasteiger partial charge in [-0.2, -0.15) is 4.37 Å². The molecule has 1 aliphatic carbocycles. The minimum atomic E-state index is 0.340. The van der Waals surface area contributed by atoms with Crippen LogP contribution in [0.4, 0.5) is 5.13 Å². The molecule has 2 rings (SSSR count). The van der Waals surface area contributed by atoms with E-state index in [1.807, 2.05) is 0 Å². The van der Waals surface area contributed by atoms with Crippen molar-refractivity contribution in [1.29, 1.82) is 0 Å². The molecule has 1 aromatic heterocycles. The fourth-order valence-corrected chi connectivity index (χ4v) is 3.31. The van der Waals surface area contributed by atoms with Crippen molar-refractivity contribution in [3.05, 3.63) is 5.82 Å². The molecule has 1 fully saturated rings. The second-order valence-electron chi connectivity index (χ2n) is 5.56. The van der Waals surface area contributed by atoms with E-state index in [1.54, 1.807) is 0 Å². The largest absolute Gasteiger partial charge is 0.396 e. The molecule has 1 saturated carbocycles. The second kappa shape index (κ2) is 5.97. The van der Waals surface area contributed by atoms with Gasteiger partial charge in [-0.05, 0) is 31.6 Å². The van der Waals surface area contributed by atoms with Gasteiger partial charge in [0.05, 0.1) is 0 Å². The van der Waals surface area contributed by atoms with Gasteiger partial charge in [0.25, 0.3) is 0 Å². The molecule has 0 spiro atoms. The zero-order chi connectivity index (χ0) is 13.1. The lowest BCUT2D eigenvalue weighted by Gasteiger charge is -2.33. The third kappa shape index (κ3) is 3.01. The summed E-state index contributed by atoms with van der Waals surface area (Å²) in [7, 11) is 2.12. The Kier molecular flexibility index (Phi) is 4.56. The van der Waals surface area contributed by atoms with E-state index in [-0.39, 0.29) is 0 Å².